The van der Waals surface area contributed by atoms with Crippen molar-refractivity contribution in [3.05, 3.63) is 112 Å². The normalized spacial score (nSPS) is 14.9. The van der Waals surface area contributed by atoms with Crippen LogP contribution in [0, 0.1) is 0 Å². The van der Waals surface area contributed by atoms with Crippen LogP contribution in [0.3, 0.4) is 0 Å². The maximum Gasteiger partial charge on any atom is 0.255 e. The maximum absolute atomic E-state index is 13.5. The third-order valence-electron chi connectivity index (χ3n) is 5.51. The van der Waals surface area contributed by atoms with Crippen LogP contribution < -0.4 is 10.6 Å². The van der Waals surface area contributed by atoms with E-state index in [1.165, 1.54) is 5.56 Å². The molecule has 170 valence electrons. The standard InChI is InChI=1S/C26H22BrN5OS/c1-17-22(24(33)29-21-10-6-3-7-11-21)23(19-12-14-20(27)15-13-19)32-25(28-17)30-26(31-32)34-16-18-8-4-2-5-9-18/h2-15,23H,16H2,1H3,(H,29,33)(H,28,30,31)/t23-/m0/s1. The predicted octanol–water partition coefficient (Wildman–Crippen LogP) is 6.26. The molecule has 0 saturated carbocycles. The van der Waals surface area contributed by atoms with Gasteiger partial charge in [0.05, 0.1) is 5.57 Å². The molecule has 1 atom stereocenters. The summed E-state index contributed by atoms with van der Waals surface area (Å²) in [5, 5.41) is 11.8. The van der Waals surface area contributed by atoms with Crippen molar-refractivity contribution in [3.8, 4) is 0 Å². The summed E-state index contributed by atoms with van der Waals surface area (Å²) < 4.78 is 2.78. The Morgan fingerprint density at radius 1 is 1.03 bits per heavy atom. The molecule has 0 bridgehead atoms. The monoisotopic (exact) mass is 531 g/mol. The Labute approximate surface area is 210 Å². The summed E-state index contributed by atoms with van der Waals surface area (Å²) >= 11 is 5.08. The van der Waals surface area contributed by atoms with Gasteiger partial charge in [-0.25, -0.2) is 4.68 Å². The van der Waals surface area contributed by atoms with Crippen molar-refractivity contribution in [2.45, 2.75) is 23.9 Å². The quantitative estimate of drug-likeness (QED) is 0.287. The van der Waals surface area contributed by atoms with Crippen LogP contribution in [-0.2, 0) is 10.5 Å². The molecule has 0 aliphatic carbocycles. The Balaban J connectivity index is 1.49. The lowest BCUT2D eigenvalue weighted by Gasteiger charge is -2.28. The highest BCUT2D eigenvalue weighted by molar-refractivity contribution is 9.10. The zero-order valence-corrected chi connectivity index (χ0v) is 20.8. The summed E-state index contributed by atoms with van der Waals surface area (Å²) in [5.41, 5.74) is 4.25. The average Bonchev–Trinajstić information content (AvgIpc) is 3.26. The largest absolute Gasteiger partial charge is 0.328 e. The summed E-state index contributed by atoms with van der Waals surface area (Å²) in [4.78, 5) is 18.2. The first-order valence-electron chi connectivity index (χ1n) is 10.8. The van der Waals surface area contributed by atoms with Gasteiger partial charge in [-0.2, -0.15) is 4.98 Å². The van der Waals surface area contributed by atoms with Crippen LogP contribution in [0.4, 0.5) is 11.6 Å². The fourth-order valence-corrected chi connectivity index (χ4v) is 4.93. The number of halogens is 1. The molecule has 0 fully saturated rings. The molecule has 0 spiro atoms. The van der Waals surface area contributed by atoms with Crippen LogP contribution in [0.25, 0.3) is 0 Å². The molecule has 4 aromatic rings. The van der Waals surface area contributed by atoms with E-state index < -0.39 is 6.04 Å². The summed E-state index contributed by atoms with van der Waals surface area (Å²) in [6.45, 7) is 1.90. The van der Waals surface area contributed by atoms with Gasteiger partial charge in [-0.05, 0) is 42.3 Å². The first kappa shape index (κ1) is 22.4. The van der Waals surface area contributed by atoms with E-state index in [9.17, 15) is 4.79 Å². The minimum atomic E-state index is -0.411. The van der Waals surface area contributed by atoms with Crippen molar-refractivity contribution in [1.29, 1.82) is 0 Å². The van der Waals surface area contributed by atoms with E-state index in [0.29, 0.717) is 16.7 Å². The summed E-state index contributed by atoms with van der Waals surface area (Å²) in [6, 6.07) is 27.2. The fourth-order valence-electron chi connectivity index (χ4n) is 3.88. The highest BCUT2D eigenvalue weighted by Gasteiger charge is 2.34. The van der Waals surface area contributed by atoms with Crippen molar-refractivity contribution in [3.63, 3.8) is 0 Å². The molecular weight excluding hydrogens is 510 g/mol. The van der Waals surface area contributed by atoms with Gasteiger partial charge >= 0.3 is 0 Å². The second-order valence-electron chi connectivity index (χ2n) is 7.87. The minimum absolute atomic E-state index is 0.177. The second-order valence-corrected chi connectivity index (χ2v) is 9.73. The van der Waals surface area contributed by atoms with Crippen molar-refractivity contribution < 1.29 is 4.79 Å². The van der Waals surface area contributed by atoms with Gasteiger partial charge in [0, 0.05) is 21.6 Å². The molecule has 0 unspecified atom stereocenters. The Kier molecular flexibility index (Phi) is 6.51. The number of thioether (sulfide) groups is 1. The van der Waals surface area contributed by atoms with Crippen LogP contribution in [0.15, 0.2) is 106 Å². The highest BCUT2D eigenvalue weighted by atomic mass is 79.9. The third-order valence-corrected chi connectivity index (χ3v) is 6.94. The number of hydrogen-bond acceptors (Lipinski definition) is 5. The molecule has 1 amide bonds. The number of hydrogen-bond donors (Lipinski definition) is 2. The highest BCUT2D eigenvalue weighted by Crippen LogP contribution is 2.37. The van der Waals surface area contributed by atoms with Crippen molar-refractivity contribution in [2.75, 3.05) is 10.6 Å². The van der Waals surface area contributed by atoms with Crippen LogP contribution in [0.5, 0.6) is 0 Å². The molecule has 6 nitrogen and oxygen atoms in total. The van der Waals surface area contributed by atoms with E-state index in [1.54, 1.807) is 11.8 Å². The Bertz CT molecular complexity index is 1340. The van der Waals surface area contributed by atoms with Gasteiger partial charge in [-0.1, -0.05) is 88.4 Å². The van der Waals surface area contributed by atoms with E-state index >= 15 is 0 Å². The molecule has 1 aliphatic heterocycles. The topological polar surface area (TPSA) is 71.8 Å². The van der Waals surface area contributed by atoms with Gasteiger partial charge in [0.15, 0.2) is 0 Å². The molecule has 3 aromatic carbocycles. The number of anilines is 2. The number of carbonyl (C=O) groups is 1. The van der Waals surface area contributed by atoms with Gasteiger partial charge in [0.2, 0.25) is 11.1 Å². The number of nitrogens with one attached hydrogen (secondary N) is 2. The maximum atomic E-state index is 13.5. The number of para-hydroxylation sites is 1. The first-order chi connectivity index (χ1) is 16.6. The molecule has 1 aliphatic rings. The number of amides is 1. The van der Waals surface area contributed by atoms with Crippen LogP contribution in [-0.4, -0.2) is 20.7 Å². The lowest BCUT2D eigenvalue weighted by molar-refractivity contribution is -0.113. The van der Waals surface area contributed by atoms with Crippen molar-refractivity contribution >= 4 is 45.2 Å². The van der Waals surface area contributed by atoms with Crippen LogP contribution >= 0.6 is 27.7 Å². The Hall–Kier alpha value is -3.36. The summed E-state index contributed by atoms with van der Waals surface area (Å²) in [5.74, 6) is 1.21. The third kappa shape index (κ3) is 4.78. The number of fused-ring (bicyclic) bond motifs is 1. The van der Waals surface area contributed by atoms with E-state index in [2.05, 4.69) is 38.7 Å². The molecule has 5 rings (SSSR count). The molecule has 2 N–H and O–H groups in total. The van der Waals surface area contributed by atoms with Gasteiger partial charge < -0.3 is 10.6 Å². The zero-order chi connectivity index (χ0) is 23.5. The number of rotatable bonds is 6. The van der Waals surface area contributed by atoms with Gasteiger partial charge in [0.1, 0.15) is 6.04 Å². The van der Waals surface area contributed by atoms with Crippen LogP contribution in [0.1, 0.15) is 24.1 Å². The molecule has 1 aromatic heterocycles. The van der Waals surface area contributed by atoms with Crippen LogP contribution in [0.2, 0.25) is 0 Å². The number of benzene rings is 3. The van der Waals surface area contributed by atoms with Crippen molar-refractivity contribution in [1.82, 2.24) is 14.8 Å². The number of allylic oxidation sites excluding steroid dienone is 1. The van der Waals surface area contributed by atoms with E-state index in [-0.39, 0.29) is 5.91 Å². The SMILES string of the molecule is CC1=C(C(=O)Nc2ccccc2)[C@H](c2ccc(Br)cc2)n2nc(SCc3ccccc3)nc2N1. The number of aromatic nitrogens is 3. The van der Waals surface area contributed by atoms with E-state index in [4.69, 9.17) is 10.1 Å². The molecule has 8 heteroatoms. The second kappa shape index (κ2) is 9.87. The van der Waals surface area contributed by atoms with Gasteiger partial charge in [0.25, 0.3) is 5.91 Å². The van der Waals surface area contributed by atoms with Crippen molar-refractivity contribution in [2.24, 2.45) is 0 Å². The van der Waals surface area contributed by atoms with E-state index in [1.807, 2.05) is 84.4 Å². The Morgan fingerprint density at radius 2 is 1.71 bits per heavy atom. The zero-order valence-electron chi connectivity index (χ0n) is 18.4. The lowest BCUT2D eigenvalue weighted by Crippen LogP contribution is -2.31. The first-order valence-corrected chi connectivity index (χ1v) is 12.6. The van der Waals surface area contributed by atoms with Gasteiger partial charge in [-0.3, -0.25) is 4.79 Å². The summed E-state index contributed by atoms with van der Waals surface area (Å²) in [7, 11) is 0. The molecule has 2 heterocycles. The predicted molar refractivity (Wildman–Crippen MR) is 140 cm³/mol. The Morgan fingerprint density at radius 3 is 2.41 bits per heavy atom. The molecule has 0 saturated heterocycles. The number of nitrogens with zero attached hydrogens (tertiary/aromatic N) is 3. The molecule has 0 radical (unpaired) electrons. The van der Waals surface area contributed by atoms with E-state index in [0.717, 1.165) is 27.2 Å². The average molecular weight is 532 g/mol. The lowest BCUT2D eigenvalue weighted by atomic mass is 9.95. The minimum Gasteiger partial charge on any atom is -0.328 e. The fraction of sp³-hybridized carbons (Fsp3) is 0.115. The smallest absolute Gasteiger partial charge is 0.255 e. The van der Waals surface area contributed by atoms with Gasteiger partial charge in [-0.15, -0.1) is 5.10 Å². The molecule has 34 heavy (non-hydrogen) atoms. The molecular formula is C26H22BrN5OS. The number of carbonyl (C=O) groups excluding carboxylic acids is 1. The summed E-state index contributed by atoms with van der Waals surface area (Å²) in [6.07, 6.45) is 0.